The number of aryl methyl sites for hydroxylation is 1. The van der Waals surface area contributed by atoms with Gasteiger partial charge in [-0.1, -0.05) is 104 Å². The zero-order valence-electron chi connectivity index (χ0n) is 20.9. The largest absolute Gasteiger partial charge is 0.354 e. The van der Waals surface area contributed by atoms with Crippen molar-refractivity contribution in [2.24, 2.45) is 5.92 Å². The second-order valence-corrected chi connectivity index (χ2v) is 10.3. The average Bonchev–Trinajstić information content (AvgIpc) is 2.86. The number of thioether (sulfide) groups is 1. The first kappa shape index (κ1) is 26.6. The molecule has 35 heavy (non-hydrogen) atoms. The van der Waals surface area contributed by atoms with Crippen LogP contribution in [0.5, 0.6) is 0 Å². The van der Waals surface area contributed by atoms with Gasteiger partial charge < -0.3 is 10.2 Å². The highest BCUT2D eigenvalue weighted by atomic mass is 32.2. The molecule has 0 radical (unpaired) electrons. The van der Waals surface area contributed by atoms with Crippen LogP contribution in [0.1, 0.15) is 36.1 Å². The van der Waals surface area contributed by atoms with Crippen molar-refractivity contribution in [3.05, 3.63) is 107 Å². The summed E-state index contributed by atoms with van der Waals surface area (Å²) < 4.78 is 0. The molecule has 4 nitrogen and oxygen atoms in total. The van der Waals surface area contributed by atoms with Crippen molar-refractivity contribution in [1.82, 2.24) is 10.2 Å². The molecule has 5 heteroatoms. The van der Waals surface area contributed by atoms with E-state index in [9.17, 15) is 9.59 Å². The normalized spacial score (nSPS) is 11.8. The van der Waals surface area contributed by atoms with E-state index in [0.29, 0.717) is 31.2 Å². The van der Waals surface area contributed by atoms with Crippen LogP contribution >= 0.6 is 11.8 Å². The van der Waals surface area contributed by atoms with Crippen LogP contribution in [-0.4, -0.2) is 35.1 Å². The minimum Gasteiger partial charge on any atom is -0.354 e. The van der Waals surface area contributed by atoms with Crippen LogP contribution < -0.4 is 5.32 Å². The van der Waals surface area contributed by atoms with E-state index in [1.54, 1.807) is 16.7 Å². The van der Waals surface area contributed by atoms with Crippen molar-refractivity contribution in [2.45, 2.75) is 45.5 Å². The lowest BCUT2D eigenvalue weighted by molar-refractivity contribution is -0.139. The van der Waals surface area contributed by atoms with E-state index in [0.717, 1.165) is 16.9 Å². The molecule has 0 saturated carbocycles. The van der Waals surface area contributed by atoms with Crippen molar-refractivity contribution in [1.29, 1.82) is 0 Å². The molecule has 3 aromatic carbocycles. The van der Waals surface area contributed by atoms with Gasteiger partial charge in [0.2, 0.25) is 11.8 Å². The molecule has 2 amide bonds. The zero-order chi connectivity index (χ0) is 25.0. The van der Waals surface area contributed by atoms with Crippen LogP contribution in [0.4, 0.5) is 0 Å². The third-order valence-electron chi connectivity index (χ3n) is 5.73. The summed E-state index contributed by atoms with van der Waals surface area (Å²) in [4.78, 5) is 28.8. The Morgan fingerprint density at radius 2 is 1.49 bits per heavy atom. The minimum atomic E-state index is -0.580. The first-order chi connectivity index (χ1) is 16.9. The maximum Gasteiger partial charge on any atom is 0.243 e. The van der Waals surface area contributed by atoms with Crippen molar-refractivity contribution in [3.63, 3.8) is 0 Å². The fourth-order valence-corrected chi connectivity index (χ4v) is 4.76. The summed E-state index contributed by atoms with van der Waals surface area (Å²) in [6.45, 7) is 7.20. The van der Waals surface area contributed by atoms with E-state index in [1.165, 1.54) is 11.1 Å². The Balaban J connectivity index is 1.81. The second-order valence-electron chi connectivity index (χ2n) is 9.33. The van der Waals surface area contributed by atoms with Crippen LogP contribution in [0.3, 0.4) is 0 Å². The lowest BCUT2D eigenvalue weighted by Crippen LogP contribution is -2.51. The van der Waals surface area contributed by atoms with Crippen LogP contribution in [0.25, 0.3) is 0 Å². The number of carbonyl (C=O) groups is 2. The molecule has 3 aromatic rings. The highest BCUT2D eigenvalue weighted by Crippen LogP contribution is 2.19. The van der Waals surface area contributed by atoms with Gasteiger partial charge in [-0.05, 0) is 29.5 Å². The molecule has 0 aromatic heterocycles. The number of nitrogens with zero attached hydrogens (tertiary/aromatic N) is 1. The highest BCUT2D eigenvalue weighted by molar-refractivity contribution is 7.99. The van der Waals surface area contributed by atoms with E-state index in [-0.39, 0.29) is 11.8 Å². The topological polar surface area (TPSA) is 49.4 Å². The molecule has 1 N–H and O–H groups in total. The van der Waals surface area contributed by atoms with Crippen molar-refractivity contribution in [2.75, 3.05) is 12.3 Å². The second kappa shape index (κ2) is 13.7. The SMILES string of the molecule is Cc1cccc(CSCC(=O)N(Cc2ccccc2)C(Cc2ccccc2)C(=O)NCC(C)C)c1. The molecule has 0 spiro atoms. The van der Waals surface area contributed by atoms with Gasteiger partial charge in [0.25, 0.3) is 0 Å². The monoisotopic (exact) mass is 488 g/mol. The summed E-state index contributed by atoms with van der Waals surface area (Å²) >= 11 is 1.59. The molecule has 0 saturated heterocycles. The highest BCUT2D eigenvalue weighted by Gasteiger charge is 2.30. The summed E-state index contributed by atoms with van der Waals surface area (Å²) in [6.07, 6.45) is 0.478. The number of carbonyl (C=O) groups excluding carboxylic acids is 2. The quantitative estimate of drug-likeness (QED) is 0.359. The molecule has 1 atom stereocenters. The van der Waals surface area contributed by atoms with E-state index < -0.39 is 6.04 Å². The van der Waals surface area contributed by atoms with Gasteiger partial charge in [-0.25, -0.2) is 0 Å². The van der Waals surface area contributed by atoms with Gasteiger partial charge in [-0.2, -0.15) is 0 Å². The number of amides is 2. The molecule has 0 aliphatic carbocycles. The van der Waals surface area contributed by atoms with E-state index in [1.807, 2.05) is 66.7 Å². The van der Waals surface area contributed by atoms with Crippen LogP contribution in [0.2, 0.25) is 0 Å². The third kappa shape index (κ3) is 8.91. The van der Waals surface area contributed by atoms with Gasteiger partial charge in [-0.3, -0.25) is 9.59 Å². The van der Waals surface area contributed by atoms with Crippen molar-refractivity contribution < 1.29 is 9.59 Å². The summed E-state index contributed by atoms with van der Waals surface area (Å²) in [5, 5.41) is 3.07. The molecular weight excluding hydrogens is 452 g/mol. The molecule has 0 bridgehead atoms. The molecule has 0 heterocycles. The summed E-state index contributed by atoms with van der Waals surface area (Å²) in [6, 6.07) is 27.6. The lowest BCUT2D eigenvalue weighted by atomic mass is 10.0. The van der Waals surface area contributed by atoms with Crippen molar-refractivity contribution >= 4 is 23.6 Å². The lowest BCUT2D eigenvalue weighted by Gasteiger charge is -2.31. The fraction of sp³-hybridized carbons (Fsp3) is 0.333. The number of benzene rings is 3. The first-order valence-corrected chi connectivity index (χ1v) is 13.4. The number of nitrogens with one attached hydrogen (secondary N) is 1. The molecule has 0 aliphatic rings. The van der Waals surface area contributed by atoms with Gasteiger partial charge in [0.15, 0.2) is 0 Å². The Morgan fingerprint density at radius 3 is 2.11 bits per heavy atom. The molecule has 0 aliphatic heterocycles. The standard InChI is InChI=1S/C30H36N2O2S/c1-23(2)19-31-30(34)28(18-25-12-6-4-7-13-25)32(20-26-14-8-5-9-15-26)29(33)22-35-21-27-16-10-11-24(3)17-27/h4-17,23,28H,18-22H2,1-3H3,(H,31,34). The molecule has 184 valence electrons. The molecule has 3 rings (SSSR count). The smallest absolute Gasteiger partial charge is 0.243 e. The predicted octanol–water partition coefficient (Wildman–Crippen LogP) is 5.64. The van der Waals surface area contributed by atoms with Gasteiger partial charge in [0.05, 0.1) is 5.75 Å². The van der Waals surface area contributed by atoms with Gasteiger partial charge in [0.1, 0.15) is 6.04 Å². The van der Waals surface area contributed by atoms with Gasteiger partial charge in [-0.15, -0.1) is 11.8 Å². The number of hydrogen-bond donors (Lipinski definition) is 1. The Hall–Kier alpha value is -3.05. The summed E-state index contributed by atoms with van der Waals surface area (Å²) in [5.41, 5.74) is 4.47. The third-order valence-corrected chi connectivity index (χ3v) is 6.72. The molecular formula is C30H36N2O2S. The van der Waals surface area contributed by atoms with Gasteiger partial charge in [0, 0.05) is 25.3 Å². The summed E-state index contributed by atoms with van der Waals surface area (Å²) in [5.74, 6) is 1.29. The fourth-order valence-electron chi connectivity index (χ4n) is 3.90. The average molecular weight is 489 g/mol. The summed E-state index contributed by atoms with van der Waals surface area (Å²) in [7, 11) is 0. The zero-order valence-corrected chi connectivity index (χ0v) is 21.8. The number of rotatable bonds is 12. The van der Waals surface area contributed by atoms with Gasteiger partial charge >= 0.3 is 0 Å². The Labute approximate surface area is 214 Å². The maximum absolute atomic E-state index is 13.6. The van der Waals surface area contributed by atoms with Crippen LogP contribution in [-0.2, 0) is 28.3 Å². The molecule has 1 unspecified atom stereocenters. The van der Waals surface area contributed by atoms with Crippen molar-refractivity contribution in [3.8, 4) is 0 Å². The molecule has 0 fully saturated rings. The maximum atomic E-state index is 13.6. The van der Waals surface area contributed by atoms with Crippen LogP contribution in [0, 0.1) is 12.8 Å². The first-order valence-electron chi connectivity index (χ1n) is 12.2. The minimum absolute atomic E-state index is 0.0212. The number of hydrogen-bond acceptors (Lipinski definition) is 3. The van der Waals surface area contributed by atoms with E-state index in [4.69, 9.17) is 0 Å². The Morgan fingerprint density at radius 1 is 0.857 bits per heavy atom. The Bertz CT molecular complexity index is 1070. The van der Waals surface area contributed by atoms with E-state index >= 15 is 0 Å². The van der Waals surface area contributed by atoms with E-state index in [2.05, 4.69) is 44.3 Å². The van der Waals surface area contributed by atoms with Crippen LogP contribution in [0.15, 0.2) is 84.9 Å². The Kier molecular flexibility index (Phi) is 10.4. The predicted molar refractivity (Wildman–Crippen MR) is 146 cm³/mol.